The van der Waals surface area contributed by atoms with E-state index in [2.05, 4.69) is 32.1 Å². The third-order valence-corrected chi connectivity index (χ3v) is 8.25. The number of benzene rings is 3. The van der Waals surface area contributed by atoms with Crippen LogP contribution in [0.1, 0.15) is 41.8 Å². The SMILES string of the molecule is COCCNC(=O)CCCC#Cc1cccc2nc(Cc3cccc(Cl)c3Cn3nc(-c4cccc(O)c4)c4c(N)ncnc43)[nH]c(=O)c12. The molecular weight excluding hydrogens is 644 g/mol. The lowest BCUT2D eigenvalue weighted by atomic mass is 10.0. The van der Waals surface area contributed by atoms with Gasteiger partial charge in [0, 0.05) is 49.1 Å². The maximum absolute atomic E-state index is 13.4. The van der Waals surface area contributed by atoms with Gasteiger partial charge in [0.15, 0.2) is 5.65 Å². The van der Waals surface area contributed by atoms with Gasteiger partial charge in [-0.25, -0.2) is 19.6 Å². The number of anilines is 1. The molecule has 3 heterocycles. The molecule has 0 unspecified atom stereocenters. The molecule has 248 valence electrons. The third kappa shape index (κ3) is 7.54. The number of nitrogen functional groups attached to an aromatic ring is 1. The summed E-state index contributed by atoms with van der Waals surface area (Å²) in [5, 5.41) is 19.2. The number of phenols is 1. The van der Waals surface area contributed by atoms with E-state index >= 15 is 0 Å². The predicted molar refractivity (Wildman–Crippen MR) is 188 cm³/mol. The summed E-state index contributed by atoms with van der Waals surface area (Å²) in [4.78, 5) is 41.6. The van der Waals surface area contributed by atoms with Crippen LogP contribution in [0.3, 0.4) is 0 Å². The Labute approximate surface area is 286 Å². The number of nitrogens with one attached hydrogen (secondary N) is 2. The molecule has 0 bridgehead atoms. The van der Waals surface area contributed by atoms with Crippen LogP contribution in [-0.2, 0) is 22.5 Å². The van der Waals surface area contributed by atoms with Crippen molar-refractivity contribution in [3.8, 4) is 28.8 Å². The number of halogens is 1. The highest BCUT2D eigenvalue weighted by Gasteiger charge is 2.20. The number of hydrogen-bond acceptors (Lipinski definition) is 9. The number of rotatable bonds is 11. The molecule has 3 aromatic heterocycles. The Hall–Kier alpha value is -5.77. The number of carbonyl (C=O) groups is 1. The van der Waals surface area contributed by atoms with Crippen LogP contribution >= 0.6 is 11.6 Å². The first kappa shape index (κ1) is 33.1. The number of amides is 1. The number of hydrogen-bond donors (Lipinski definition) is 4. The minimum atomic E-state index is -0.299. The fraction of sp³-hybridized carbons (Fsp3) is 0.222. The van der Waals surface area contributed by atoms with E-state index in [0.29, 0.717) is 88.4 Å². The molecule has 0 saturated carbocycles. The van der Waals surface area contributed by atoms with Crippen molar-refractivity contribution in [3.05, 3.63) is 105 Å². The predicted octanol–water partition coefficient (Wildman–Crippen LogP) is 4.59. The van der Waals surface area contributed by atoms with Crippen molar-refractivity contribution in [1.29, 1.82) is 0 Å². The van der Waals surface area contributed by atoms with Crippen LogP contribution < -0.4 is 16.6 Å². The molecule has 0 aliphatic carbocycles. The van der Waals surface area contributed by atoms with Gasteiger partial charge < -0.3 is 25.9 Å². The molecule has 0 aliphatic heterocycles. The summed E-state index contributed by atoms with van der Waals surface area (Å²) in [5.41, 5.74) is 10.4. The van der Waals surface area contributed by atoms with Crippen LogP contribution in [0.15, 0.2) is 71.8 Å². The highest BCUT2D eigenvalue weighted by atomic mass is 35.5. The topological polar surface area (TPSA) is 174 Å². The van der Waals surface area contributed by atoms with Crippen molar-refractivity contribution < 1.29 is 14.6 Å². The Morgan fingerprint density at radius 2 is 1.96 bits per heavy atom. The fourth-order valence-electron chi connectivity index (χ4n) is 5.57. The lowest BCUT2D eigenvalue weighted by molar-refractivity contribution is -0.121. The lowest BCUT2D eigenvalue weighted by Crippen LogP contribution is -2.26. The van der Waals surface area contributed by atoms with Crippen LogP contribution in [0.4, 0.5) is 5.82 Å². The van der Waals surface area contributed by atoms with Gasteiger partial charge in [0.25, 0.3) is 5.56 Å². The van der Waals surface area contributed by atoms with Crippen molar-refractivity contribution >= 4 is 45.3 Å². The molecule has 5 N–H and O–H groups in total. The van der Waals surface area contributed by atoms with Gasteiger partial charge in [-0.05, 0) is 47.9 Å². The summed E-state index contributed by atoms with van der Waals surface area (Å²) >= 11 is 6.77. The highest BCUT2D eigenvalue weighted by Crippen LogP contribution is 2.33. The number of aromatic nitrogens is 6. The number of methoxy groups -OCH3 is 1. The zero-order valence-electron chi connectivity index (χ0n) is 26.7. The molecule has 0 aliphatic rings. The van der Waals surface area contributed by atoms with Gasteiger partial charge in [-0.2, -0.15) is 5.10 Å². The Balaban J connectivity index is 1.25. The molecule has 6 aromatic rings. The number of nitrogens with zero attached hydrogens (tertiary/aromatic N) is 5. The standard InChI is InChI=1S/C36H33ClN8O4/c1-49-17-16-39-30(47)15-4-2-3-8-22-9-7-14-28-31(22)36(48)43-29(42-28)19-23-10-6-13-27(37)26(23)20-45-35-32(34(38)40-21-41-35)33(44-45)24-11-5-12-25(46)18-24/h5-7,9-14,18,21,46H,2,4,15-17,19-20H2,1H3,(H,39,47)(H2,38,40,41)(H,42,43,48). The summed E-state index contributed by atoms with van der Waals surface area (Å²) in [5.74, 6) is 6.93. The second-order valence-corrected chi connectivity index (χ2v) is 11.7. The number of phenolic OH excluding ortho intramolecular Hbond substituents is 1. The van der Waals surface area contributed by atoms with E-state index in [0.717, 1.165) is 11.1 Å². The number of H-pyrrole nitrogens is 1. The smallest absolute Gasteiger partial charge is 0.260 e. The molecule has 12 nitrogen and oxygen atoms in total. The molecule has 13 heteroatoms. The quantitative estimate of drug-likeness (QED) is 0.113. The van der Waals surface area contributed by atoms with Crippen LogP contribution in [0, 0.1) is 11.8 Å². The normalized spacial score (nSPS) is 11.1. The molecule has 0 radical (unpaired) electrons. The minimum absolute atomic E-state index is 0.0465. The van der Waals surface area contributed by atoms with Crippen LogP contribution in [0.25, 0.3) is 33.2 Å². The molecule has 3 aromatic carbocycles. The number of nitrogens with two attached hydrogens (primary N) is 1. The van der Waals surface area contributed by atoms with Crippen LogP contribution in [0.5, 0.6) is 5.75 Å². The zero-order chi connectivity index (χ0) is 34.3. The van der Waals surface area contributed by atoms with Crippen LogP contribution in [-0.4, -0.2) is 61.0 Å². The van der Waals surface area contributed by atoms with Crippen molar-refractivity contribution in [1.82, 2.24) is 35.0 Å². The number of fused-ring (bicyclic) bond motifs is 2. The summed E-state index contributed by atoms with van der Waals surface area (Å²) in [6.45, 7) is 1.18. The van der Waals surface area contributed by atoms with E-state index in [9.17, 15) is 14.7 Å². The maximum atomic E-state index is 13.4. The van der Waals surface area contributed by atoms with Gasteiger partial charge in [-0.1, -0.05) is 53.8 Å². The molecule has 0 spiro atoms. The van der Waals surface area contributed by atoms with Gasteiger partial charge in [-0.15, -0.1) is 0 Å². The average Bonchev–Trinajstić information content (AvgIpc) is 3.46. The highest BCUT2D eigenvalue weighted by molar-refractivity contribution is 6.31. The number of carbonyl (C=O) groups excluding carboxylic acids is 1. The number of unbranched alkanes of at least 4 members (excludes halogenated alkanes) is 1. The van der Waals surface area contributed by atoms with Gasteiger partial charge in [0.1, 0.15) is 29.4 Å². The zero-order valence-corrected chi connectivity index (χ0v) is 27.4. The minimum Gasteiger partial charge on any atom is -0.508 e. The summed E-state index contributed by atoms with van der Waals surface area (Å²) in [6.07, 6.45) is 3.14. The molecule has 1 amide bonds. The van der Waals surface area contributed by atoms with Crippen molar-refractivity contribution in [2.24, 2.45) is 0 Å². The Bertz CT molecular complexity index is 2290. The van der Waals surface area contributed by atoms with E-state index in [1.165, 1.54) is 6.33 Å². The lowest BCUT2D eigenvalue weighted by Gasteiger charge is -2.12. The van der Waals surface area contributed by atoms with Crippen molar-refractivity contribution in [2.45, 2.75) is 32.2 Å². The molecule has 0 atom stereocenters. The molecule has 0 saturated heterocycles. The number of aromatic amines is 1. The van der Waals surface area contributed by atoms with E-state index in [1.54, 1.807) is 48.2 Å². The van der Waals surface area contributed by atoms with Crippen LogP contribution in [0.2, 0.25) is 5.02 Å². The van der Waals surface area contributed by atoms with Crippen molar-refractivity contribution in [3.63, 3.8) is 0 Å². The Morgan fingerprint density at radius 3 is 2.80 bits per heavy atom. The fourth-order valence-corrected chi connectivity index (χ4v) is 5.83. The first-order valence-corrected chi connectivity index (χ1v) is 16.0. The molecule has 49 heavy (non-hydrogen) atoms. The third-order valence-electron chi connectivity index (χ3n) is 7.90. The molecular formula is C36H33ClN8O4. The monoisotopic (exact) mass is 676 g/mol. The van der Waals surface area contributed by atoms with Gasteiger partial charge in [0.2, 0.25) is 5.91 Å². The Kier molecular flexibility index (Phi) is 10.1. The van der Waals surface area contributed by atoms with E-state index in [1.807, 2.05) is 24.3 Å². The van der Waals surface area contributed by atoms with E-state index in [4.69, 9.17) is 32.2 Å². The first-order chi connectivity index (χ1) is 23.8. The molecule has 6 rings (SSSR count). The van der Waals surface area contributed by atoms with E-state index in [-0.39, 0.29) is 29.6 Å². The Morgan fingerprint density at radius 1 is 1.12 bits per heavy atom. The van der Waals surface area contributed by atoms with Crippen molar-refractivity contribution in [2.75, 3.05) is 26.0 Å². The largest absolute Gasteiger partial charge is 0.508 e. The van der Waals surface area contributed by atoms with Gasteiger partial charge in [0.05, 0.1) is 29.4 Å². The van der Waals surface area contributed by atoms with Gasteiger partial charge in [-0.3, -0.25) is 9.59 Å². The van der Waals surface area contributed by atoms with E-state index < -0.39 is 0 Å². The second kappa shape index (κ2) is 15.0. The summed E-state index contributed by atoms with van der Waals surface area (Å²) < 4.78 is 6.64. The number of ether oxygens (including phenoxy) is 1. The molecule has 0 fully saturated rings. The summed E-state index contributed by atoms with van der Waals surface area (Å²) in [7, 11) is 1.58. The average molecular weight is 677 g/mol. The first-order valence-electron chi connectivity index (χ1n) is 15.6. The second-order valence-electron chi connectivity index (χ2n) is 11.3. The maximum Gasteiger partial charge on any atom is 0.260 e. The number of aromatic hydroxyl groups is 1. The summed E-state index contributed by atoms with van der Waals surface area (Å²) in [6, 6.07) is 17.7. The van der Waals surface area contributed by atoms with Gasteiger partial charge >= 0.3 is 0 Å².